The minimum absolute atomic E-state index is 0.0313. The Morgan fingerprint density at radius 3 is 2.82 bits per heavy atom. The molecule has 4 aromatic heterocycles. The van der Waals surface area contributed by atoms with Crippen molar-refractivity contribution in [2.75, 3.05) is 19.0 Å². The first-order valence-corrected chi connectivity index (χ1v) is 10.7. The summed E-state index contributed by atoms with van der Waals surface area (Å²) in [6.07, 6.45) is 3.43. The lowest BCUT2D eigenvalue weighted by Crippen LogP contribution is -2.38. The zero-order valence-electron chi connectivity index (χ0n) is 18.7. The third-order valence-corrected chi connectivity index (χ3v) is 4.90. The molecule has 12 heteroatoms. The van der Waals surface area contributed by atoms with E-state index in [2.05, 4.69) is 35.5 Å². The molecule has 0 saturated heterocycles. The van der Waals surface area contributed by atoms with Gasteiger partial charge in [-0.3, -0.25) is 14.9 Å². The van der Waals surface area contributed by atoms with Crippen LogP contribution in [-0.2, 0) is 9.53 Å². The molecular formula is C22H22ClN7O4. The second-order valence-electron chi connectivity index (χ2n) is 7.38. The molecule has 4 rings (SSSR count). The van der Waals surface area contributed by atoms with E-state index in [-0.39, 0.29) is 24.4 Å². The number of nitrogens with zero attached hydrogens (tertiary/aromatic N) is 5. The number of rotatable bonds is 9. The molecule has 0 spiro atoms. The van der Waals surface area contributed by atoms with Crippen LogP contribution in [0.2, 0.25) is 5.02 Å². The Morgan fingerprint density at radius 2 is 2.06 bits per heavy atom. The van der Waals surface area contributed by atoms with Gasteiger partial charge < -0.3 is 19.5 Å². The smallest absolute Gasteiger partial charge is 0.269 e. The third-order valence-electron chi connectivity index (χ3n) is 4.59. The minimum atomic E-state index is -1.06. The zero-order chi connectivity index (χ0) is 24.1. The molecular weight excluding hydrogens is 462 g/mol. The quantitative estimate of drug-likeness (QED) is 0.367. The Bertz CT molecular complexity index is 1300. The van der Waals surface area contributed by atoms with Crippen LogP contribution in [-0.4, -0.2) is 62.0 Å². The molecule has 0 bridgehead atoms. The number of fused-ring (bicyclic) bond motifs is 1. The SMILES string of the molecule is COc1ccnc(NC(=O)[C@H](COC(C)C)Oc2nc(-c3ncccc3Cl)nc3[nH]ncc23)c1. The Kier molecular flexibility index (Phi) is 7.14. The fraction of sp³-hybridized carbons (Fsp3) is 0.273. The summed E-state index contributed by atoms with van der Waals surface area (Å²) in [7, 11) is 1.53. The number of nitrogens with one attached hydrogen (secondary N) is 2. The molecule has 0 unspecified atom stereocenters. The van der Waals surface area contributed by atoms with E-state index in [1.54, 1.807) is 30.5 Å². The van der Waals surface area contributed by atoms with Gasteiger partial charge in [-0.1, -0.05) is 11.6 Å². The van der Waals surface area contributed by atoms with Crippen molar-refractivity contribution in [1.29, 1.82) is 0 Å². The van der Waals surface area contributed by atoms with E-state index in [1.807, 2.05) is 13.8 Å². The highest BCUT2D eigenvalue weighted by Gasteiger charge is 2.25. The highest BCUT2D eigenvalue weighted by Crippen LogP contribution is 2.28. The normalized spacial score (nSPS) is 12.0. The number of aromatic amines is 1. The highest BCUT2D eigenvalue weighted by molar-refractivity contribution is 6.32. The predicted molar refractivity (Wildman–Crippen MR) is 125 cm³/mol. The molecule has 4 heterocycles. The number of pyridine rings is 2. The van der Waals surface area contributed by atoms with Crippen molar-refractivity contribution in [3.05, 3.63) is 47.9 Å². The van der Waals surface area contributed by atoms with Gasteiger partial charge in [-0.05, 0) is 32.0 Å². The maximum Gasteiger partial charge on any atom is 0.269 e. The Morgan fingerprint density at radius 1 is 1.21 bits per heavy atom. The Hall–Kier alpha value is -3.83. The van der Waals surface area contributed by atoms with E-state index in [9.17, 15) is 4.79 Å². The number of anilines is 1. The molecule has 0 aromatic carbocycles. The molecule has 4 aromatic rings. The van der Waals surface area contributed by atoms with Gasteiger partial charge in [-0.25, -0.2) is 9.97 Å². The number of aromatic nitrogens is 6. The third kappa shape index (κ3) is 5.38. The second kappa shape index (κ2) is 10.4. The van der Waals surface area contributed by atoms with Gasteiger partial charge in [0.15, 0.2) is 11.5 Å². The largest absolute Gasteiger partial charge is 0.497 e. The van der Waals surface area contributed by atoms with E-state index < -0.39 is 12.0 Å². The van der Waals surface area contributed by atoms with Crippen molar-refractivity contribution < 1.29 is 19.0 Å². The molecule has 0 aliphatic rings. The van der Waals surface area contributed by atoms with Crippen LogP contribution in [0.5, 0.6) is 11.6 Å². The molecule has 34 heavy (non-hydrogen) atoms. The molecule has 11 nitrogen and oxygen atoms in total. The van der Waals surface area contributed by atoms with Crippen LogP contribution in [0.3, 0.4) is 0 Å². The zero-order valence-corrected chi connectivity index (χ0v) is 19.4. The standard InChI is InChI=1S/C22H22ClN7O4/c1-12(2)33-11-16(21(31)27-17-9-13(32-3)6-8-24-17)34-22-14-10-26-30-19(14)28-20(29-22)18-15(23)5-4-7-25-18/h4-10,12,16H,11H2,1-3H3,(H,24,27,31)(H,26,28,29,30)/t16-/m0/s1. The number of hydrogen-bond donors (Lipinski definition) is 2. The summed E-state index contributed by atoms with van der Waals surface area (Å²) in [5.74, 6) is 0.722. The highest BCUT2D eigenvalue weighted by atomic mass is 35.5. The summed E-state index contributed by atoms with van der Waals surface area (Å²) in [5.41, 5.74) is 0.769. The van der Waals surface area contributed by atoms with Gasteiger partial charge in [0.05, 0.1) is 31.0 Å². The maximum atomic E-state index is 13.1. The van der Waals surface area contributed by atoms with E-state index >= 15 is 0 Å². The summed E-state index contributed by atoms with van der Waals surface area (Å²) in [6.45, 7) is 3.69. The lowest BCUT2D eigenvalue weighted by atomic mass is 10.3. The molecule has 1 amide bonds. The number of carbonyl (C=O) groups excluding carboxylic acids is 1. The van der Waals surface area contributed by atoms with Gasteiger partial charge in [-0.2, -0.15) is 10.1 Å². The van der Waals surface area contributed by atoms with Crippen LogP contribution in [0.25, 0.3) is 22.6 Å². The van der Waals surface area contributed by atoms with Crippen molar-refractivity contribution in [3.8, 4) is 23.1 Å². The molecule has 0 radical (unpaired) electrons. The van der Waals surface area contributed by atoms with Crippen molar-refractivity contribution >= 4 is 34.4 Å². The van der Waals surface area contributed by atoms with Gasteiger partial charge in [0.1, 0.15) is 22.6 Å². The molecule has 0 aliphatic heterocycles. The topological polar surface area (TPSA) is 137 Å². The van der Waals surface area contributed by atoms with Gasteiger partial charge in [0.2, 0.25) is 12.0 Å². The van der Waals surface area contributed by atoms with Crippen LogP contribution in [0.4, 0.5) is 5.82 Å². The fourth-order valence-corrected chi connectivity index (χ4v) is 3.15. The van der Waals surface area contributed by atoms with Crippen LogP contribution < -0.4 is 14.8 Å². The summed E-state index contributed by atoms with van der Waals surface area (Å²) in [4.78, 5) is 30.4. The first-order valence-electron chi connectivity index (χ1n) is 10.4. The van der Waals surface area contributed by atoms with Crippen LogP contribution in [0.1, 0.15) is 13.8 Å². The first kappa shape index (κ1) is 23.3. The Balaban J connectivity index is 1.66. The van der Waals surface area contributed by atoms with Gasteiger partial charge in [-0.15, -0.1) is 0 Å². The average Bonchev–Trinajstić information content (AvgIpc) is 3.31. The monoisotopic (exact) mass is 483 g/mol. The summed E-state index contributed by atoms with van der Waals surface area (Å²) >= 11 is 6.28. The van der Waals surface area contributed by atoms with E-state index in [0.29, 0.717) is 33.3 Å². The number of carbonyl (C=O) groups is 1. The second-order valence-corrected chi connectivity index (χ2v) is 7.78. The van der Waals surface area contributed by atoms with E-state index in [1.165, 1.54) is 19.5 Å². The van der Waals surface area contributed by atoms with Crippen molar-refractivity contribution in [3.63, 3.8) is 0 Å². The molecule has 2 N–H and O–H groups in total. The number of H-pyrrole nitrogens is 1. The lowest BCUT2D eigenvalue weighted by molar-refractivity contribution is -0.126. The summed E-state index contributed by atoms with van der Waals surface area (Å²) < 4.78 is 16.9. The summed E-state index contributed by atoms with van der Waals surface area (Å²) in [6, 6.07) is 6.65. The molecule has 0 saturated carbocycles. The van der Waals surface area contributed by atoms with Gasteiger partial charge in [0.25, 0.3) is 5.91 Å². The average molecular weight is 484 g/mol. The minimum Gasteiger partial charge on any atom is -0.497 e. The molecule has 1 atom stereocenters. The summed E-state index contributed by atoms with van der Waals surface area (Å²) in [5, 5.41) is 10.4. The molecule has 0 fully saturated rings. The number of hydrogen-bond acceptors (Lipinski definition) is 9. The number of amides is 1. The number of methoxy groups -OCH3 is 1. The van der Waals surface area contributed by atoms with E-state index in [4.69, 9.17) is 25.8 Å². The van der Waals surface area contributed by atoms with Crippen LogP contribution >= 0.6 is 11.6 Å². The van der Waals surface area contributed by atoms with Crippen LogP contribution in [0, 0.1) is 0 Å². The van der Waals surface area contributed by atoms with Crippen molar-refractivity contribution in [2.24, 2.45) is 0 Å². The fourth-order valence-electron chi connectivity index (χ4n) is 2.95. The first-order chi connectivity index (χ1) is 16.4. The van der Waals surface area contributed by atoms with Crippen LogP contribution in [0.15, 0.2) is 42.9 Å². The predicted octanol–water partition coefficient (Wildman–Crippen LogP) is 3.28. The number of ether oxygens (including phenoxy) is 3. The van der Waals surface area contributed by atoms with Gasteiger partial charge in [0, 0.05) is 18.5 Å². The van der Waals surface area contributed by atoms with Gasteiger partial charge >= 0.3 is 0 Å². The molecule has 0 aliphatic carbocycles. The maximum absolute atomic E-state index is 13.1. The molecule has 176 valence electrons. The van der Waals surface area contributed by atoms with Crippen molar-refractivity contribution in [2.45, 2.75) is 26.1 Å². The van der Waals surface area contributed by atoms with Crippen molar-refractivity contribution in [1.82, 2.24) is 30.1 Å². The number of halogens is 1. The lowest BCUT2D eigenvalue weighted by Gasteiger charge is -2.20. The Labute approximate surface area is 199 Å². The van der Waals surface area contributed by atoms with E-state index in [0.717, 1.165) is 0 Å².